The molecular weight excluding hydrogens is 192 g/mol. The van der Waals surface area contributed by atoms with Crippen molar-refractivity contribution < 1.29 is 9.59 Å². The Morgan fingerprint density at radius 3 is 2.40 bits per heavy atom. The van der Waals surface area contributed by atoms with Crippen molar-refractivity contribution in [2.75, 3.05) is 6.54 Å². The molecule has 2 N–H and O–H groups in total. The second-order valence-corrected chi connectivity index (χ2v) is 3.22. The molecule has 80 valence electrons. The molecule has 0 aromatic heterocycles. The van der Waals surface area contributed by atoms with Crippen LogP contribution in [0.4, 0.5) is 4.79 Å². The second-order valence-electron chi connectivity index (χ2n) is 3.22. The van der Waals surface area contributed by atoms with E-state index in [9.17, 15) is 9.59 Å². The van der Waals surface area contributed by atoms with Crippen molar-refractivity contribution in [3.8, 4) is 0 Å². The Bertz CT molecular complexity index is 336. The number of carbonyl (C=O) groups excluding carboxylic acids is 2. The fourth-order valence-corrected chi connectivity index (χ4v) is 1.05. The summed E-state index contributed by atoms with van der Waals surface area (Å²) in [4.78, 5) is 21.7. The van der Waals surface area contributed by atoms with Crippen LogP contribution in [0.5, 0.6) is 0 Å². The fourth-order valence-electron chi connectivity index (χ4n) is 1.05. The van der Waals surface area contributed by atoms with Crippen molar-refractivity contribution in [3.63, 3.8) is 0 Å². The van der Waals surface area contributed by atoms with Crippen LogP contribution in [0.15, 0.2) is 30.3 Å². The zero-order valence-corrected chi connectivity index (χ0v) is 8.62. The minimum Gasteiger partial charge on any atom is -0.334 e. The zero-order valence-electron chi connectivity index (χ0n) is 8.62. The van der Waals surface area contributed by atoms with E-state index in [-0.39, 0.29) is 18.4 Å². The average molecular weight is 206 g/mol. The van der Waals surface area contributed by atoms with Crippen molar-refractivity contribution in [1.29, 1.82) is 0 Å². The van der Waals surface area contributed by atoms with E-state index in [1.165, 1.54) is 6.92 Å². The van der Waals surface area contributed by atoms with Crippen molar-refractivity contribution in [2.45, 2.75) is 13.5 Å². The van der Waals surface area contributed by atoms with Crippen LogP contribution in [0.25, 0.3) is 0 Å². The minimum absolute atomic E-state index is 0.0649. The van der Waals surface area contributed by atoms with Gasteiger partial charge in [-0.1, -0.05) is 30.3 Å². The van der Waals surface area contributed by atoms with Crippen molar-refractivity contribution in [1.82, 2.24) is 10.6 Å². The van der Waals surface area contributed by atoms with E-state index in [2.05, 4.69) is 10.6 Å². The first-order chi connectivity index (χ1) is 7.18. The van der Waals surface area contributed by atoms with E-state index in [4.69, 9.17) is 0 Å². The summed E-state index contributed by atoms with van der Waals surface area (Å²) in [7, 11) is 0. The first-order valence-corrected chi connectivity index (χ1v) is 4.73. The Morgan fingerprint density at radius 1 is 1.13 bits per heavy atom. The molecule has 1 rings (SSSR count). The van der Waals surface area contributed by atoms with Crippen LogP contribution in [0.1, 0.15) is 12.5 Å². The maximum atomic E-state index is 11.1. The molecule has 4 nitrogen and oxygen atoms in total. The minimum atomic E-state index is -0.325. The average Bonchev–Trinajstić information content (AvgIpc) is 2.25. The summed E-state index contributed by atoms with van der Waals surface area (Å²) >= 11 is 0. The molecule has 0 aliphatic heterocycles. The predicted octanol–water partition coefficient (Wildman–Crippen LogP) is 1.07. The third-order valence-electron chi connectivity index (χ3n) is 1.79. The standard InChI is InChI=1S/C11H14N2O2/c1-9(14)7-12-11(15)13-8-10-5-3-2-4-6-10/h2-6H,7-8H2,1H3,(H2,12,13,15). The molecule has 0 aliphatic carbocycles. The highest BCUT2D eigenvalue weighted by molar-refractivity contribution is 5.83. The van der Waals surface area contributed by atoms with E-state index in [1.54, 1.807) is 0 Å². The lowest BCUT2D eigenvalue weighted by Gasteiger charge is -2.05. The monoisotopic (exact) mass is 206 g/mol. The number of Topliss-reactive ketones (excluding diaryl/α,β-unsaturated/α-hetero) is 1. The molecule has 4 heteroatoms. The molecule has 0 saturated carbocycles. The summed E-state index contributed by atoms with van der Waals surface area (Å²) in [5, 5.41) is 5.10. The van der Waals surface area contributed by atoms with Gasteiger partial charge >= 0.3 is 6.03 Å². The number of urea groups is 1. The van der Waals surface area contributed by atoms with Gasteiger partial charge in [0.1, 0.15) is 5.78 Å². The lowest BCUT2D eigenvalue weighted by atomic mass is 10.2. The van der Waals surface area contributed by atoms with Crippen LogP contribution < -0.4 is 10.6 Å². The summed E-state index contributed by atoms with van der Waals surface area (Å²) in [5.74, 6) is -0.0649. The van der Waals surface area contributed by atoms with E-state index in [0.29, 0.717) is 6.54 Å². The molecule has 1 aromatic rings. The van der Waals surface area contributed by atoms with Crippen molar-refractivity contribution in [3.05, 3.63) is 35.9 Å². The highest BCUT2D eigenvalue weighted by Gasteiger charge is 2.00. The number of amides is 2. The summed E-state index contributed by atoms with van der Waals surface area (Å²) < 4.78 is 0. The number of ketones is 1. The van der Waals surface area contributed by atoms with Gasteiger partial charge in [-0.3, -0.25) is 4.79 Å². The molecule has 0 radical (unpaired) electrons. The van der Waals surface area contributed by atoms with Crippen LogP contribution in [0, 0.1) is 0 Å². The first-order valence-electron chi connectivity index (χ1n) is 4.73. The number of benzene rings is 1. The molecule has 2 amide bonds. The lowest BCUT2D eigenvalue weighted by molar-refractivity contribution is -0.116. The number of rotatable bonds is 4. The van der Waals surface area contributed by atoms with Gasteiger partial charge in [-0.15, -0.1) is 0 Å². The molecule has 0 spiro atoms. The third kappa shape index (κ3) is 4.81. The summed E-state index contributed by atoms with van der Waals surface area (Å²) in [6.07, 6.45) is 0. The van der Waals surface area contributed by atoms with Crippen LogP contribution >= 0.6 is 0 Å². The Kier molecular flexibility index (Phi) is 4.34. The highest BCUT2D eigenvalue weighted by Crippen LogP contribution is 1.96. The smallest absolute Gasteiger partial charge is 0.315 e. The lowest BCUT2D eigenvalue weighted by Crippen LogP contribution is -2.37. The van der Waals surface area contributed by atoms with Gasteiger partial charge in [0.05, 0.1) is 6.54 Å². The highest BCUT2D eigenvalue weighted by atomic mass is 16.2. The second kappa shape index (κ2) is 5.80. The predicted molar refractivity (Wildman–Crippen MR) is 57.4 cm³/mol. The zero-order chi connectivity index (χ0) is 11.1. The van der Waals surface area contributed by atoms with Crippen LogP contribution in [0.3, 0.4) is 0 Å². The number of hydrogen-bond donors (Lipinski definition) is 2. The quantitative estimate of drug-likeness (QED) is 0.774. The topological polar surface area (TPSA) is 58.2 Å². The molecule has 0 saturated heterocycles. The van der Waals surface area contributed by atoms with Gasteiger partial charge in [-0.05, 0) is 12.5 Å². The Hall–Kier alpha value is -1.84. The number of nitrogens with one attached hydrogen (secondary N) is 2. The van der Waals surface area contributed by atoms with E-state index < -0.39 is 0 Å². The van der Waals surface area contributed by atoms with Gasteiger partial charge in [-0.2, -0.15) is 0 Å². The number of hydrogen-bond acceptors (Lipinski definition) is 2. The maximum absolute atomic E-state index is 11.1. The van der Waals surface area contributed by atoms with Crippen LogP contribution in [0.2, 0.25) is 0 Å². The van der Waals surface area contributed by atoms with Gasteiger partial charge in [0.15, 0.2) is 0 Å². The molecule has 0 atom stereocenters. The van der Waals surface area contributed by atoms with E-state index in [1.807, 2.05) is 30.3 Å². The summed E-state index contributed by atoms with van der Waals surface area (Å²) in [6.45, 7) is 1.96. The molecule has 0 bridgehead atoms. The molecule has 0 fully saturated rings. The molecule has 1 aromatic carbocycles. The largest absolute Gasteiger partial charge is 0.334 e. The first kappa shape index (κ1) is 11.2. The van der Waals surface area contributed by atoms with Gasteiger partial charge in [-0.25, -0.2) is 4.79 Å². The SMILES string of the molecule is CC(=O)CNC(=O)NCc1ccccc1. The van der Waals surface area contributed by atoms with Crippen molar-refractivity contribution >= 4 is 11.8 Å². The van der Waals surface area contributed by atoms with Gasteiger partial charge < -0.3 is 10.6 Å². The van der Waals surface area contributed by atoms with E-state index >= 15 is 0 Å². The molecule has 0 heterocycles. The van der Waals surface area contributed by atoms with Gasteiger partial charge in [0.25, 0.3) is 0 Å². The van der Waals surface area contributed by atoms with Crippen molar-refractivity contribution in [2.24, 2.45) is 0 Å². The fraction of sp³-hybridized carbons (Fsp3) is 0.273. The number of carbonyl (C=O) groups is 2. The normalized spacial score (nSPS) is 9.40. The van der Waals surface area contributed by atoms with Gasteiger partial charge in [0.2, 0.25) is 0 Å². The maximum Gasteiger partial charge on any atom is 0.315 e. The Morgan fingerprint density at radius 2 is 1.80 bits per heavy atom. The van der Waals surface area contributed by atoms with Crippen LogP contribution in [-0.2, 0) is 11.3 Å². The van der Waals surface area contributed by atoms with E-state index in [0.717, 1.165) is 5.56 Å². The summed E-state index contributed by atoms with van der Waals surface area (Å²) in [5.41, 5.74) is 1.02. The molecular formula is C11H14N2O2. The Labute approximate surface area is 88.7 Å². The molecule has 15 heavy (non-hydrogen) atoms. The molecule has 0 aliphatic rings. The molecule has 0 unspecified atom stereocenters. The summed E-state index contributed by atoms with van der Waals surface area (Å²) in [6, 6.07) is 9.25. The van der Waals surface area contributed by atoms with Gasteiger partial charge in [0, 0.05) is 6.54 Å². The van der Waals surface area contributed by atoms with Crippen LogP contribution in [-0.4, -0.2) is 18.4 Å². The third-order valence-corrected chi connectivity index (χ3v) is 1.79. The Balaban J connectivity index is 2.26.